The van der Waals surface area contributed by atoms with Crippen LogP contribution in [0.3, 0.4) is 0 Å². The zero-order valence-corrected chi connectivity index (χ0v) is 27.7. The minimum atomic E-state index is -1.07. The van der Waals surface area contributed by atoms with Crippen LogP contribution in [0.2, 0.25) is 0 Å². The van der Waals surface area contributed by atoms with Gasteiger partial charge in [0.25, 0.3) is 0 Å². The molecule has 3 aromatic rings. The molecule has 2 aliphatic heterocycles. The van der Waals surface area contributed by atoms with Gasteiger partial charge in [0.05, 0.1) is 19.0 Å². The molecule has 0 spiro atoms. The highest BCUT2D eigenvalue weighted by atomic mass is 16.6. The molecular formula is C36H38N6O9. The number of nitrogens with one attached hydrogen (secondary N) is 4. The molecule has 15 heteroatoms. The number of carbonyl (C=O) groups excluding carboxylic acids is 7. The summed E-state index contributed by atoms with van der Waals surface area (Å²) in [5, 5.41) is 9.78. The Bertz CT molecular complexity index is 1750. The second-order valence-electron chi connectivity index (χ2n) is 12.0. The predicted octanol–water partition coefficient (Wildman–Crippen LogP) is 2.49. The molecule has 0 aromatic heterocycles. The van der Waals surface area contributed by atoms with E-state index in [1.54, 1.807) is 48.5 Å². The Kier molecular flexibility index (Phi) is 12.3. The van der Waals surface area contributed by atoms with Gasteiger partial charge in [0.15, 0.2) is 0 Å². The number of rotatable bonds is 14. The van der Waals surface area contributed by atoms with Crippen LogP contribution in [0.15, 0.2) is 84.9 Å². The lowest BCUT2D eigenvalue weighted by molar-refractivity contribution is -0.143. The minimum Gasteiger partial charge on any atom is -0.448 e. The molecule has 2 atom stereocenters. The van der Waals surface area contributed by atoms with E-state index in [1.165, 1.54) is 4.90 Å². The number of benzene rings is 3. The van der Waals surface area contributed by atoms with Crippen LogP contribution in [-0.2, 0) is 49.8 Å². The Hall–Kier alpha value is -6.25. The maximum Gasteiger partial charge on any atom is 0.407 e. The highest BCUT2D eigenvalue weighted by Crippen LogP contribution is 2.17. The Morgan fingerprint density at radius 2 is 1.18 bits per heavy atom. The van der Waals surface area contributed by atoms with E-state index in [0.29, 0.717) is 12.0 Å². The van der Waals surface area contributed by atoms with Crippen LogP contribution in [0.5, 0.6) is 0 Å². The van der Waals surface area contributed by atoms with Crippen molar-refractivity contribution in [1.82, 2.24) is 31.1 Å². The lowest BCUT2D eigenvalue weighted by atomic mass is 9.95. The molecule has 0 radical (unpaired) electrons. The normalized spacial score (nSPS) is 17.4. The van der Waals surface area contributed by atoms with Crippen molar-refractivity contribution in [3.63, 3.8) is 0 Å². The van der Waals surface area contributed by atoms with Crippen molar-refractivity contribution in [3.8, 4) is 0 Å². The third kappa shape index (κ3) is 10.4. The topological polar surface area (TPSA) is 193 Å². The molecule has 2 fully saturated rings. The van der Waals surface area contributed by atoms with Crippen molar-refractivity contribution < 1.29 is 43.0 Å². The van der Waals surface area contributed by atoms with Gasteiger partial charge in [-0.25, -0.2) is 19.2 Å². The number of carbonyl (C=O) groups is 7. The summed E-state index contributed by atoms with van der Waals surface area (Å²) in [5.74, 6) is -3.15. The number of urea groups is 2. The highest BCUT2D eigenvalue weighted by Gasteiger charge is 2.40. The fraction of sp³-hybridized carbons (Fsp3) is 0.306. The summed E-state index contributed by atoms with van der Waals surface area (Å²) in [4.78, 5) is 89.0. The Morgan fingerprint density at radius 3 is 1.78 bits per heavy atom. The Labute approximate surface area is 293 Å². The lowest BCUT2D eigenvalue weighted by Crippen LogP contribution is -2.59. The maximum absolute atomic E-state index is 12.9. The van der Waals surface area contributed by atoms with E-state index in [2.05, 4.69) is 21.3 Å². The van der Waals surface area contributed by atoms with Crippen molar-refractivity contribution >= 4 is 42.0 Å². The van der Waals surface area contributed by atoms with Crippen LogP contribution >= 0.6 is 0 Å². The van der Waals surface area contributed by atoms with Crippen LogP contribution in [0.1, 0.15) is 22.3 Å². The lowest BCUT2D eigenvalue weighted by Gasteiger charge is -2.31. The monoisotopic (exact) mass is 698 g/mol. The molecule has 3 aromatic carbocycles. The molecule has 266 valence electrons. The van der Waals surface area contributed by atoms with Gasteiger partial charge in [-0.15, -0.1) is 0 Å². The molecule has 2 unspecified atom stereocenters. The van der Waals surface area contributed by atoms with Gasteiger partial charge in [0, 0.05) is 19.6 Å². The molecule has 0 bridgehead atoms. The fourth-order valence-corrected chi connectivity index (χ4v) is 5.65. The number of amides is 9. The predicted molar refractivity (Wildman–Crippen MR) is 180 cm³/mol. The highest BCUT2D eigenvalue weighted by molar-refractivity contribution is 6.16. The zero-order chi connectivity index (χ0) is 36.2. The fourth-order valence-electron chi connectivity index (χ4n) is 5.65. The van der Waals surface area contributed by atoms with Gasteiger partial charge in [0.2, 0.25) is 17.7 Å². The summed E-state index contributed by atoms with van der Waals surface area (Å²) in [5.41, 5.74) is 3.19. The number of hydrogen-bond acceptors (Lipinski definition) is 9. The quantitative estimate of drug-likeness (QED) is 0.183. The van der Waals surface area contributed by atoms with Gasteiger partial charge in [-0.05, 0) is 35.1 Å². The third-order valence-electron chi connectivity index (χ3n) is 8.30. The van der Waals surface area contributed by atoms with E-state index in [0.717, 1.165) is 21.6 Å². The minimum absolute atomic E-state index is 0.0689. The van der Waals surface area contributed by atoms with E-state index in [9.17, 15) is 33.6 Å². The average molecular weight is 699 g/mol. The molecular weight excluding hydrogens is 660 g/mol. The first-order chi connectivity index (χ1) is 24.7. The number of nitrogens with zero attached hydrogens (tertiary/aromatic N) is 2. The molecule has 2 aliphatic rings. The van der Waals surface area contributed by atoms with Gasteiger partial charge < -0.3 is 25.0 Å². The second-order valence-corrected chi connectivity index (χ2v) is 12.0. The first kappa shape index (κ1) is 36.0. The largest absolute Gasteiger partial charge is 0.448 e. The third-order valence-corrected chi connectivity index (χ3v) is 8.30. The molecule has 0 saturated carbocycles. The van der Waals surface area contributed by atoms with Crippen molar-refractivity contribution in [2.45, 2.75) is 25.9 Å². The molecule has 2 saturated heterocycles. The zero-order valence-electron chi connectivity index (χ0n) is 27.7. The number of ether oxygens (including phenoxy) is 2. The van der Waals surface area contributed by atoms with Gasteiger partial charge in [0.1, 0.15) is 19.1 Å². The van der Waals surface area contributed by atoms with Crippen LogP contribution in [0.25, 0.3) is 0 Å². The summed E-state index contributed by atoms with van der Waals surface area (Å²) in [6.45, 7) is -0.0163. The van der Waals surface area contributed by atoms with E-state index in [4.69, 9.17) is 9.47 Å². The number of alkyl carbamates (subject to hydrolysis) is 2. The van der Waals surface area contributed by atoms with Crippen LogP contribution < -0.4 is 21.3 Å². The second kappa shape index (κ2) is 17.4. The van der Waals surface area contributed by atoms with Crippen molar-refractivity contribution in [2.24, 2.45) is 11.8 Å². The van der Waals surface area contributed by atoms with Crippen LogP contribution in [0, 0.1) is 11.8 Å². The maximum atomic E-state index is 12.9. The first-order valence-corrected chi connectivity index (χ1v) is 16.4. The summed E-state index contributed by atoms with van der Waals surface area (Å²) in [7, 11) is 0. The van der Waals surface area contributed by atoms with E-state index in [1.807, 2.05) is 36.4 Å². The average Bonchev–Trinajstić information content (AvgIpc) is 3.12. The molecule has 2 heterocycles. The number of hydrogen-bond donors (Lipinski definition) is 4. The first-order valence-electron chi connectivity index (χ1n) is 16.4. The summed E-state index contributed by atoms with van der Waals surface area (Å²) < 4.78 is 10.4. The van der Waals surface area contributed by atoms with Crippen LogP contribution in [-0.4, -0.2) is 84.6 Å². The van der Waals surface area contributed by atoms with E-state index in [-0.39, 0.29) is 58.3 Å². The molecule has 15 nitrogen and oxygen atoms in total. The molecule has 4 N–H and O–H groups in total. The van der Waals surface area contributed by atoms with Gasteiger partial charge in [-0.2, -0.15) is 0 Å². The Balaban J connectivity index is 0.988. The molecule has 9 amide bonds. The number of imide groups is 3. The van der Waals surface area contributed by atoms with Gasteiger partial charge in [-0.1, -0.05) is 84.9 Å². The smallest absolute Gasteiger partial charge is 0.407 e. The van der Waals surface area contributed by atoms with E-state index >= 15 is 0 Å². The van der Waals surface area contributed by atoms with Gasteiger partial charge in [-0.3, -0.25) is 29.9 Å². The Morgan fingerprint density at radius 1 is 0.647 bits per heavy atom. The molecule has 5 rings (SSSR count). The standard InChI is InChI=1S/C36H38N6O9/c43-30-28(19-24-8-3-1-4-9-24)23-41(33(46)39-30)14-16-50-35(48)37-21-26-12-7-13-27(18-26)22-38-36(49)51-17-15-42-32(45)29(31(44)40-34(42)47)20-25-10-5-2-6-11-25/h1-13,18,28-29H,14-17,19-23H2,(H,37,48)(H,38,49)(H,39,43,46)(H,40,44,47). The van der Waals surface area contributed by atoms with E-state index < -0.39 is 47.9 Å². The molecule has 0 aliphatic carbocycles. The summed E-state index contributed by atoms with van der Waals surface area (Å²) in [6, 6.07) is 24.1. The number of barbiturate groups is 1. The summed E-state index contributed by atoms with van der Waals surface area (Å²) >= 11 is 0. The van der Waals surface area contributed by atoms with Crippen molar-refractivity contribution in [1.29, 1.82) is 0 Å². The SMILES string of the molecule is O=C(NCc1cccc(CNC(=O)OCCN2C(=O)NC(=O)C(Cc3ccccc3)C2=O)c1)OCCN1CC(Cc2ccccc2)C(=O)NC1=O. The van der Waals surface area contributed by atoms with Crippen molar-refractivity contribution in [2.75, 3.05) is 32.8 Å². The molecule has 51 heavy (non-hydrogen) atoms. The summed E-state index contributed by atoms with van der Waals surface area (Å²) in [6.07, 6.45) is -0.851. The van der Waals surface area contributed by atoms with Gasteiger partial charge >= 0.3 is 24.2 Å². The van der Waals surface area contributed by atoms with Crippen molar-refractivity contribution in [3.05, 3.63) is 107 Å². The van der Waals surface area contributed by atoms with Crippen LogP contribution in [0.4, 0.5) is 19.2 Å².